The molecule has 4 nitrogen and oxygen atoms in total. The van der Waals surface area contributed by atoms with E-state index >= 15 is 0 Å². The minimum absolute atomic E-state index is 0.0421. The highest BCUT2D eigenvalue weighted by atomic mass is 35.5. The molecule has 1 aromatic heterocycles. The number of hydrogen-bond donors (Lipinski definition) is 0. The van der Waals surface area contributed by atoms with Crippen molar-refractivity contribution in [1.82, 2.24) is 10.2 Å². The van der Waals surface area contributed by atoms with Gasteiger partial charge in [-0.25, -0.2) is 8.42 Å². The van der Waals surface area contributed by atoms with Gasteiger partial charge in [-0.3, -0.25) is 0 Å². The second kappa shape index (κ2) is 6.10. The Bertz CT molecular complexity index is 940. The average molecular weight is 345 g/mol. The van der Waals surface area contributed by atoms with Crippen LogP contribution in [0.2, 0.25) is 5.02 Å². The highest BCUT2D eigenvalue weighted by Gasteiger charge is 2.22. The summed E-state index contributed by atoms with van der Waals surface area (Å²) in [4.78, 5) is 0.145. The topological polar surface area (TPSA) is 59.9 Å². The summed E-state index contributed by atoms with van der Waals surface area (Å²) >= 11 is 5.80. The van der Waals surface area contributed by atoms with E-state index in [-0.39, 0.29) is 9.92 Å². The number of aryl methyl sites for hydroxylation is 1. The molecule has 0 fully saturated rings. The predicted molar refractivity (Wildman–Crippen MR) is 89.1 cm³/mol. The summed E-state index contributed by atoms with van der Waals surface area (Å²) in [6, 6.07) is 17.2. The molecule has 2 aromatic carbocycles. The van der Waals surface area contributed by atoms with Gasteiger partial charge in [0.2, 0.25) is 9.84 Å². The van der Waals surface area contributed by atoms with E-state index < -0.39 is 9.84 Å². The standard InChI is InChI=1S/C17H13ClN2O2S/c1-12-11-16(13-5-3-2-4-6-13)19-20-17(12)23(21,22)15-9-7-14(18)8-10-15/h2-11H,1H3. The van der Waals surface area contributed by atoms with Crippen LogP contribution in [0.15, 0.2) is 70.6 Å². The summed E-state index contributed by atoms with van der Waals surface area (Å²) in [5.74, 6) is 0. The monoisotopic (exact) mass is 344 g/mol. The van der Waals surface area contributed by atoms with Gasteiger partial charge in [-0.15, -0.1) is 10.2 Å². The van der Waals surface area contributed by atoms with E-state index in [1.165, 1.54) is 24.3 Å². The van der Waals surface area contributed by atoms with Gasteiger partial charge in [-0.1, -0.05) is 41.9 Å². The molecule has 0 amide bonds. The van der Waals surface area contributed by atoms with Gasteiger partial charge in [0.25, 0.3) is 0 Å². The van der Waals surface area contributed by atoms with Crippen LogP contribution in [0, 0.1) is 6.92 Å². The first-order valence-corrected chi connectivity index (χ1v) is 8.75. The van der Waals surface area contributed by atoms with Crippen molar-refractivity contribution < 1.29 is 8.42 Å². The Kier molecular flexibility index (Phi) is 4.15. The summed E-state index contributed by atoms with van der Waals surface area (Å²) in [6.45, 7) is 1.71. The molecule has 0 aliphatic heterocycles. The van der Waals surface area contributed by atoms with Crippen molar-refractivity contribution in [3.63, 3.8) is 0 Å². The normalized spacial score (nSPS) is 11.4. The molecule has 0 saturated heterocycles. The second-order valence-corrected chi connectivity index (χ2v) is 7.34. The van der Waals surface area contributed by atoms with Crippen molar-refractivity contribution in [2.75, 3.05) is 0 Å². The lowest BCUT2D eigenvalue weighted by Gasteiger charge is -2.08. The number of aromatic nitrogens is 2. The first-order chi connectivity index (χ1) is 11.0. The van der Waals surface area contributed by atoms with Gasteiger partial charge in [0, 0.05) is 10.6 Å². The Labute approximate surface area is 139 Å². The molecule has 0 unspecified atom stereocenters. The molecule has 3 aromatic rings. The number of sulfone groups is 1. The lowest BCUT2D eigenvalue weighted by atomic mass is 10.1. The third-order valence-electron chi connectivity index (χ3n) is 3.39. The molecule has 1 heterocycles. The summed E-state index contributed by atoms with van der Waals surface area (Å²) < 4.78 is 25.3. The zero-order valence-corrected chi connectivity index (χ0v) is 13.8. The molecular weight excluding hydrogens is 332 g/mol. The van der Waals surface area contributed by atoms with Crippen LogP contribution in [0.1, 0.15) is 5.56 Å². The van der Waals surface area contributed by atoms with Crippen molar-refractivity contribution in [1.29, 1.82) is 0 Å². The summed E-state index contributed by atoms with van der Waals surface area (Å²) in [6.07, 6.45) is 0. The fraction of sp³-hybridized carbons (Fsp3) is 0.0588. The third kappa shape index (κ3) is 3.11. The third-order valence-corrected chi connectivity index (χ3v) is 5.44. The molecular formula is C17H13ClN2O2S. The Hall–Kier alpha value is -2.24. The molecule has 0 atom stereocenters. The van der Waals surface area contributed by atoms with Gasteiger partial charge in [0.05, 0.1) is 10.6 Å². The maximum atomic E-state index is 12.7. The molecule has 116 valence electrons. The molecule has 6 heteroatoms. The lowest BCUT2D eigenvalue weighted by molar-refractivity contribution is 0.589. The Morgan fingerprint density at radius 2 is 1.57 bits per heavy atom. The Morgan fingerprint density at radius 1 is 0.913 bits per heavy atom. The van der Waals surface area contributed by atoms with E-state index in [4.69, 9.17) is 11.6 Å². The Morgan fingerprint density at radius 3 is 2.17 bits per heavy atom. The predicted octanol–water partition coefficient (Wildman–Crippen LogP) is 3.94. The van der Waals surface area contributed by atoms with Crippen LogP contribution in [0.25, 0.3) is 11.3 Å². The van der Waals surface area contributed by atoms with Crippen LogP contribution in [-0.2, 0) is 9.84 Å². The summed E-state index contributed by atoms with van der Waals surface area (Å²) in [5.41, 5.74) is 2.07. The maximum Gasteiger partial charge on any atom is 0.225 e. The van der Waals surface area contributed by atoms with Crippen LogP contribution in [-0.4, -0.2) is 18.6 Å². The minimum Gasteiger partial charge on any atom is -0.217 e. The molecule has 23 heavy (non-hydrogen) atoms. The number of halogens is 1. The smallest absolute Gasteiger partial charge is 0.217 e. The van der Waals surface area contributed by atoms with Gasteiger partial charge >= 0.3 is 0 Å². The zero-order chi connectivity index (χ0) is 16.4. The molecule has 0 saturated carbocycles. The summed E-state index contributed by atoms with van der Waals surface area (Å²) in [5, 5.41) is 8.45. The molecule has 3 rings (SSSR count). The van der Waals surface area contributed by atoms with E-state index in [1.807, 2.05) is 30.3 Å². The fourth-order valence-electron chi connectivity index (χ4n) is 2.21. The van der Waals surface area contributed by atoms with Crippen molar-refractivity contribution >= 4 is 21.4 Å². The molecule has 0 spiro atoms. The van der Waals surface area contributed by atoms with Gasteiger partial charge in [0.15, 0.2) is 5.03 Å². The van der Waals surface area contributed by atoms with Crippen LogP contribution >= 0.6 is 11.6 Å². The Balaban J connectivity index is 2.05. The first-order valence-electron chi connectivity index (χ1n) is 6.89. The highest BCUT2D eigenvalue weighted by Crippen LogP contribution is 2.25. The van der Waals surface area contributed by atoms with Crippen molar-refractivity contribution in [2.24, 2.45) is 0 Å². The van der Waals surface area contributed by atoms with Gasteiger partial charge in [-0.2, -0.15) is 0 Å². The van der Waals surface area contributed by atoms with E-state index in [1.54, 1.807) is 13.0 Å². The molecule has 0 aliphatic carbocycles. The van der Waals surface area contributed by atoms with E-state index in [0.29, 0.717) is 16.3 Å². The minimum atomic E-state index is -3.72. The fourth-order valence-corrected chi connectivity index (χ4v) is 3.69. The zero-order valence-electron chi connectivity index (χ0n) is 12.3. The van der Waals surface area contributed by atoms with E-state index in [0.717, 1.165) is 5.56 Å². The van der Waals surface area contributed by atoms with Crippen LogP contribution in [0.4, 0.5) is 0 Å². The maximum absolute atomic E-state index is 12.7. The number of nitrogens with zero attached hydrogens (tertiary/aromatic N) is 2. The lowest BCUT2D eigenvalue weighted by Crippen LogP contribution is -2.08. The van der Waals surface area contributed by atoms with E-state index in [2.05, 4.69) is 10.2 Å². The summed E-state index contributed by atoms with van der Waals surface area (Å²) in [7, 11) is -3.72. The number of rotatable bonds is 3. The molecule has 0 aliphatic rings. The van der Waals surface area contributed by atoms with Gasteiger partial charge in [-0.05, 0) is 42.8 Å². The van der Waals surface area contributed by atoms with Crippen LogP contribution in [0.5, 0.6) is 0 Å². The first kappa shape index (κ1) is 15.6. The molecule has 0 radical (unpaired) electrons. The van der Waals surface area contributed by atoms with Crippen molar-refractivity contribution in [3.05, 3.63) is 71.2 Å². The SMILES string of the molecule is Cc1cc(-c2ccccc2)nnc1S(=O)(=O)c1ccc(Cl)cc1. The number of benzene rings is 2. The average Bonchev–Trinajstić information content (AvgIpc) is 2.56. The van der Waals surface area contributed by atoms with Crippen molar-refractivity contribution in [3.8, 4) is 11.3 Å². The van der Waals surface area contributed by atoms with E-state index in [9.17, 15) is 8.42 Å². The van der Waals surface area contributed by atoms with Crippen molar-refractivity contribution in [2.45, 2.75) is 16.8 Å². The van der Waals surface area contributed by atoms with Crippen LogP contribution < -0.4 is 0 Å². The number of hydrogen-bond acceptors (Lipinski definition) is 4. The quantitative estimate of drug-likeness (QED) is 0.722. The largest absolute Gasteiger partial charge is 0.225 e. The molecule has 0 N–H and O–H groups in total. The second-order valence-electron chi connectivity index (χ2n) is 5.04. The molecule has 0 bridgehead atoms. The van der Waals surface area contributed by atoms with Gasteiger partial charge < -0.3 is 0 Å². The van der Waals surface area contributed by atoms with Crippen LogP contribution in [0.3, 0.4) is 0 Å². The highest BCUT2D eigenvalue weighted by molar-refractivity contribution is 7.91. The van der Waals surface area contributed by atoms with Gasteiger partial charge in [0.1, 0.15) is 0 Å².